The predicted molar refractivity (Wildman–Crippen MR) is 92.9 cm³/mol. The van der Waals surface area contributed by atoms with Gasteiger partial charge in [0.15, 0.2) is 0 Å². The molecule has 0 saturated carbocycles. The van der Waals surface area contributed by atoms with Gasteiger partial charge in [-0.3, -0.25) is 4.79 Å². The van der Waals surface area contributed by atoms with E-state index >= 15 is 0 Å². The average Bonchev–Trinajstić information content (AvgIpc) is 2.93. The molecule has 1 unspecified atom stereocenters. The van der Waals surface area contributed by atoms with Crippen molar-refractivity contribution in [2.75, 3.05) is 0 Å². The Hall–Kier alpha value is -0.390. The van der Waals surface area contributed by atoms with Crippen molar-refractivity contribution in [3.8, 4) is 0 Å². The second kappa shape index (κ2) is 7.25. The van der Waals surface area contributed by atoms with E-state index < -0.39 is 9.17 Å². The number of carbonyl (C=O) groups excluding carboxylic acids is 1. The number of carbonyl (C=O) groups is 1. The Morgan fingerprint density at radius 2 is 1.90 bits per heavy atom. The molecule has 1 N–H and O–H groups in total. The van der Waals surface area contributed by atoms with Crippen LogP contribution in [-0.2, 0) is 0 Å². The summed E-state index contributed by atoms with van der Waals surface area (Å²) in [5.41, 5.74) is 1.15. The summed E-state index contributed by atoms with van der Waals surface area (Å²) >= 11 is 20.6. The Balaban J connectivity index is 2.12. The van der Waals surface area contributed by atoms with Crippen LogP contribution in [0.3, 0.4) is 0 Å². The molecule has 1 heterocycles. The van der Waals surface area contributed by atoms with Gasteiger partial charge in [-0.25, -0.2) is 0 Å². The second-order valence-electron chi connectivity index (χ2n) is 4.30. The Morgan fingerprint density at radius 1 is 1.24 bits per heavy atom. The van der Waals surface area contributed by atoms with Gasteiger partial charge in [0.25, 0.3) is 5.91 Å². The second-order valence-corrected chi connectivity index (χ2v) is 8.80. The SMILES string of the molecule is Cc1ccc(SC(NC(=O)c2cccs2)C(Cl)(Cl)Cl)cc1. The van der Waals surface area contributed by atoms with E-state index in [1.54, 1.807) is 12.1 Å². The monoisotopic (exact) mass is 379 g/mol. The lowest BCUT2D eigenvalue weighted by atomic mass is 10.2. The Morgan fingerprint density at radius 3 is 2.43 bits per heavy atom. The van der Waals surface area contributed by atoms with Gasteiger partial charge in [0.1, 0.15) is 5.37 Å². The predicted octanol–water partition coefficient (Wildman–Crippen LogP) is 5.27. The zero-order valence-electron chi connectivity index (χ0n) is 11.0. The van der Waals surface area contributed by atoms with E-state index in [1.165, 1.54) is 23.1 Å². The molecule has 21 heavy (non-hydrogen) atoms. The summed E-state index contributed by atoms with van der Waals surface area (Å²) in [4.78, 5) is 13.6. The van der Waals surface area contributed by atoms with Crippen LogP contribution in [0.2, 0.25) is 0 Å². The van der Waals surface area contributed by atoms with E-state index in [9.17, 15) is 4.79 Å². The summed E-state index contributed by atoms with van der Waals surface area (Å²) in [6, 6.07) is 11.3. The first-order chi connectivity index (χ1) is 9.86. The third-order valence-corrected chi connectivity index (χ3v) is 5.74. The molecule has 1 atom stereocenters. The van der Waals surface area contributed by atoms with Crippen molar-refractivity contribution in [1.82, 2.24) is 5.32 Å². The van der Waals surface area contributed by atoms with Crippen molar-refractivity contribution in [3.05, 3.63) is 52.2 Å². The first-order valence-corrected chi connectivity index (χ1v) is 8.90. The van der Waals surface area contributed by atoms with Gasteiger partial charge < -0.3 is 5.32 Å². The van der Waals surface area contributed by atoms with E-state index in [-0.39, 0.29) is 5.91 Å². The zero-order chi connectivity index (χ0) is 15.5. The van der Waals surface area contributed by atoms with Crippen LogP contribution in [-0.4, -0.2) is 15.1 Å². The molecule has 0 aliphatic carbocycles. The summed E-state index contributed by atoms with van der Waals surface area (Å²) in [6.45, 7) is 2.00. The normalized spacial score (nSPS) is 13.0. The lowest BCUT2D eigenvalue weighted by Gasteiger charge is -2.24. The van der Waals surface area contributed by atoms with Crippen molar-refractivity contribution in [1.29, 1.82) is 0 Å². The third-order valence-electron chi connectivity index (χ3n) is 2.58. The molecular formula is C14H12Cl3NOS2. The fraction of sp³-hybridized carbons (Fsp3) is 0.214. The standard InChI is InChI=1S/C14H12Cl3NOS2/c1-9-4-6-10(7-5-9)21-13(14(15,16)17)18-12(19)11-3-2-8-20-11/h2-8,13H,1H3,(H,18,19). The summed E-state index contributed by atoms with van der Waals surface area (Å²) in [6.07, 6.45) is 0. The van der Waals surface area contributed by atoms with Crippen LogP contribution >= 0.6 is 57.9 Å². The maximum Gasteiger partial charge on any atom is 0.262 e. The lowest BCUT2D eigenvalue weighted by molar-refractivity contribution is 0.0954. The number of nitrogens with one attached hydrogen (secondary N) is 1. The number of halogens is 3. The van der Waals surface area contributed by atoms with Crippen molar-refractivity contribution < 1.29 is 4.79 Å². The van der Waals surface area contributed by atoms with Crippen LogP contribution in [0.25, 0.3) is 0 Å². The summed E-state index contributed by atoms with van der Waals surface area (Å²) in [7, 11) is 0. The molecule has 2 nitrogen and oxygen atoms in total. The molecule has 0 fully saturated rings. The van der Waals surface area contributed by atoms with Crippen molar-refractivity contribution in [3.63, 3.8) is 0 Å². The molecule has 1 aromatic heterocycles. The molecule has 0 bridgehead atoms. The van der Waals surface area contributed by atoms with Gasteiger partial charge in [-0.2, -0.15) is 0 Å². The molecule has 2 aromatic rings. The molecule has 0 aliphatic rings. The molecule has 0 saturated heterocycles. The molecule has 0 aliphatic heterocycles. The fourth-order valence-electron chi connectivity index (χ4n) is 1.53. The molecule has 7 heteroatoms. The number of thioether (sulfide) groups is 1. The van der Waals surface area contributed by atoms with E-state index in [1.807, 2.05) is 36.6 Å². The third kappa shape index (κ3) is 5.08. The highest BCUT2D eigenvalue weighted by atomic mass is 35.6. The molecular weight excluding hydrogens is 369 g/mol. The molecule has 0 spiro atoms. The van der Waals surface area contributed by atoms with Crippen LogP contribution in [0.5, 0.6) is 0 Å². The average molecular weight is 381 g/mol. The highest BCUT2D eigenvalue weighted by Crippen LogP contribution is 2.39. The molecule has 0 radical (unpaired) electrons. The van der Waals surface area contributed by atoms with Gasteiger partial charge in [-0.1, -0.05) is 70.3 Å². The number of rotatable bonds is 4. The van der Waals surface area contributed by atoms with Gasteiger partial charge in [-0.15, -0.1) is 11.3 Å². The Bertz CT molecular complexity index is 594. The first kappa shape index (κ1) is 17.0. The van der Waals surface area contributed by atoms with Crippen LogP contribution in [0, 0.1) is 6.92 Å². The van der Waals surface area contributed by atoms with Gasteiger partial charge in [0.2, 0.25) is 3.79 Å². The number of thiophene rings is 1. The Kier molecular flexibility index (Phi) is 5.86. The summed E-state index contributed by atoms with van der Waals surface area (Å²) in [5.74, 6) is -0.249. The maximum atomic E-state index is 12.1. The van der Waals surface area contributed by atoms with E-state index in [0.29, 0.717) is 4.88 Å². The Labute approximate surface area is 146 Å². The number of aryl methyl sites for hydroxylation is 1. The maximum absolute atomic E-state index is 12.1. The summed E-state index contributed by atoms with van der Waals surface area (Å²) in [5, 5.41) is 3.91. The molecule has 1 amide bonds. The van der Waals surface area contributed by atoms with Crippen LogP contribution < -0.4 is 5.32 Å². The largest absolute Gasteiger partial charge is 0.335 e. The number of alkyl halides is 3. The lowest BCUT2D eigenvalue weighted by Crippen LogP contribution is -2.41. The van der Waals surface area contributed by atoms with E-state index in [4.69, 9.17) is 34.8 Å². The molecule has 2 rings (SSSR count). The number of hydrogen-bond acceptors (Lipinski definition) is 3. The highest BCUT2D eigenvalue weighted by Gasteiger charge is 2.35. The van der Waals surface area contributed by atoms with Gasteiger partial charge in [0.05, 0.1) is 4.88 Å². The van der Waals surface area contributed by atoms with Gasteiger partial charge in [0, 0.05) is 4.90 Å². The van der Waals surface area contributed by atoms with Gasteiger partial charge >= 0.3 is 0 Å². The minimum atomic E-state index is -1.61. The highest BCUT2D eigenvalue weighted by molar-refractivity contribution is 8.00. The summed E-state index contributed by atoms with van der Waals surface area (Å²) < 4.78 is -1.61. The minimum Gasteiger partial charge on any atom is -0.335 e. The zero-order valence-corrected chi connectivity index (χ0v) is 14.9. The van der Waals surface area contributed by atoms with Crippen LogP contribution in [0.4, 0.5) is 0 Å². The van der Waals surface area contributed by atoms with Crippen LogP contribution in [0.15, 0.2) is 46.7 Å². The van der Waals surface area contributed by atoms with Crippen LogP contribution in [0.1, 0.15) is 15.2 Å². The fourth-order valence-corrected chi connectivity index (χ4v) is 3.59. The van der Waals surface area contributed by atoms with Crippen molar-refractivity contribution >= 4 is 63.8 Å². The van der Waals surface area contributed by atoms with E-state index in [2.05, 4.69) is 5.32 Å². The minimum absolute atomic E-state index is 0.249. The first-order valence-electron chi connectivity index (χ1n) is 6.00. The quantitative estimate of drug-likeness (QED) is 0.444. The molecule has 1 aromatic carbocycles. The van der Waals surface area contributed by atoms with Crippen molar-refractivity contribution in [2.45, 2.75) is 21.0 Å². The smallest absolute Gasteiger partial charge is 0.262 e. The molecule has 112 valence electrons. The topological polar surface area (TPSA) is 29.1 Å². The van der Waals surface area contributed by atoms with E-state index in [0.717, 1.165) is 10.5 Å². The number of hydrogen-bond donors (Lipinski definition) is 1. The number of amides is 1. The number of benzene rings is 1. The van der Waals surface area contributed by atoms with Crippen molar-refractivity contribution in [2.24, 2.45) is 0 Å². The van der Waals surface area contributed by atoms with Gasteiger partial charge in [-0.05, 0) is 30.5 Å².